The minimum atomic E-state index is -0.267. The topological polar surface area (TPSA) is 49.4 Å². The molecule has 2 rings (SSSR count). The van der Waals surface area contributed by atoms with Crippen LogP contribution in [0.5, 0.6) is 0 Å². The molecule has 2 amide bonds. The first-order chi connectivity index (χ1) is 11.3. The van der Waals surface area contributed by atoms with E-state index in [4.69, 9.17) is 11.6 Å². The number of hydrogen-bond acceptors (Lipinski definition) is 2. The standard InChI is InChI=1S/C19H21ClN2O2/c1-12-8-9-13(2)18(10-12)22(15(4)23)11-19(24)21-17-7-5-6-16(20)14(17)3/h5-10H,11H2,1-4H3,(H,21,24). The van der Waals surface area contributed by atoms with E-state index in [0.29, 0.717) is 10.7 Å². The highest BCUT2D eigenvalue weighted by molar-refractivity contribution is 6.31. The van der Waals surface area contributed by atoms with Crippen molar-refractivity contribution < 1.29 is 9.59 Å². The lowest BCUT2D eigenvalue weighted by Gasteiger charge is -2.23. The molecule has 2 aromatic carbocycles. The van der Waals surface area contributed by atoms with Crippen molar-refractivity contribution in [2.75, 3.05) is 16.8 Å². The summed E-state index contributed by atoms with van der Waals surface area (Å²) in [5, 5.41) is 3.41. The van der Waals surface area contributed by atoms with E-state index in [1.807, 2.05) is 39.0 Å². The largest absolute Gasteiger partial charge is 0.324 e. The molecule has 24 heavy (non-hydrogen) atoms. The van der Waals surface area contributed by atoms with Gasteiger partial charge in [0.1, 0.15) is 6.54 Å². The van der Waals surface area contributed by atoms with Crippen molar-refractivity contribution in [1.29, 1.82) is 0 Å². The number of hydrogen-bond donors (Lipinski definition) is 1. The Morgan fingerprint density at radius 2 is 1.83 bits per heavy atom. The van der Waals surface area contributed by atoms with Gasteiger partial charge in [0.25, 0.3) is 0 Å². The third-order valence-electron chi connectivity index (χ3n) is 3.88. The number of carbonyl (C=O) groups is 2. The first kappa shape index (κ1) is 18.0. The minimum Gasteiger partial charge on any atom is -0.324 e. The molecule has 0 radical (unpaired) electrons. The fourth-order valence-electron chi connectivity index (χ4n) is 2.45. The number of anilines is 2. The Balaban J connectivity index is 2.22. The normalized spacial score (nSPS) is 10.4. The van der Waals surface area contributed by atoms with Crippen LogP contribution in [-0.4, -0.2) is 18.4 Å². The number of nitrogens with zero attached hydrogens (tertiary/aromatic N) is 1. The number of halogens is 1. The molecule has 5 heteroatoms. The lowest BCUT2D eigenvalue weighted by molar-refractivity contribution is -0.120. The third kappa shape index (κ3) is 4.15. The number of benzene rings is 2. The highest BCUT2D eigenvalue weighted by Crippen LogP contribution is 2.24. The van der Waals surface area contributed by atoms with E-state index < -0.39 is 0 Å². The first-order valence-corrected chi connectivity index (χ1v) is 8.07. The Bertz CT molecular complexity index is 787. The summed E-state index contributed by atoms with van der Waals surface area (Å²) < 4.78 is 0. The molecule has 0 saturated heterocycles. The Morgan fingerprint density at radius 1 is 1.12 bits per heavy atom. The number of aryl methyl sites for hydroxylation is 2. The average Bonchev–Trinajstić information content (AvgIpc) is 2.52. The van der Waals surface area contributed by atoms with Crippen LogP contribution in [0.2, 0.25) is 5.02 Å². The third-order valence-corrected chi connectivity index (χ3v) is 4.29. The van der Waals surface area contributed by atoms with Gasteiger partial charge in [0.2, 0.25) is 11.8 Å². The molecule has 0 atom stereocenters. The van der Waals surface area contributed by atoms with Gasteiger partial charge in [-0.2, -0.15) is 0 Å². The minimum absolute atomic E-state index is 0.0500. The van der Waals surface area contributed by atoms with Crippen LogP contribution in [0, 0.1) is 20.8 Å². The van der Waals surface area contributed by atoms with Gasteiger partial charge in [-0.15, -0.1) is 0 Å². The second kappa shape index (κ2) is 7.49. The van der Waals surface area contributed by atoms with Crippen LogP contribution >= 0.6 is 11.6 Å². The zero-order valence-electron chi connectivity index (χ0n) is 14.3. The van der Waals surface area contributed by atoms with E-state index in [2.05, 4.69) is 5.32 Å². The summed E-state index contributed by atoms with van der Waals surface area (Å²) in [6.07, 6.45) is 0. The highest BCUT2D eigenvalue weighted by Gasteiger charge is 2.18. The predicted molar refractivity (Wildman–Crippen MR) is 98.8 cm³/mol. The van der Waals surface area contributed by atoms with Crippen molar-refractivity contribution in [1.82, 2.24) is 0 Å². The van der Waals surface area contributed by atoms with E-state index in [1.54, 1.807) is 18.2 Å². The SMILES string of the molecule is CC(=O)N(CC(=O)Nc1cccc(Cl)c1C)c1cc(C)ccc1C. The molecule has 0 spiro atoms. The number of nitrogens with one attached hydrogen (secondary N) is 1. The molecule has 1 N–H and O–H groups in total. The molecule has 4 nitrogen and oxygen atoms in total. The van der Waals surface area contributed by atoms with Crippen LogP contribution in [0.4, 0.5) is 11.4 Å². The smallest absolute Gasteiger partial charge is 0.244 e. The molecule has 0 unspecified atom stereocenters. The molecule has 0 aliphatic heterocycles. The zero-order chi connectivity index (χ0) is 17.9. The van der Waals surface area contributed by atoms with Crippen molar-refractivity contribution in [3.05, 3.63) is 58.1 Å². The maximum absolute atomic E-state index is 12.4. The average molecular weight is 345 g/mol. The summed E-state index contributed by atoms with van der Waals surface area (Å²) in [7, 11) is 0. The van der Waals surface area contributed by atoms with Crippen LogP contribution in [0.15, 0.2) is 36.4 Å². The van der Waals surface area contributed by atoms with E-state index >= 15 is 0 Å². The van der Waals surface area contributed by atoms with Gasteiger partial charge < -0.3 is 10.2 Å². The lowest BCUT2D eigenvalue weighted by atomic mass is 10.1. The molecule has 0 fully saturated rings. The second-order valence-corrected chi connectivity index (χ2v) is 6.26. The molecule has 0 heterocycles. The van der Waals surface area contributed by atoms with Crippen molar-refractivity contribution in [3.63, 3.8) is 0 Å². The van der Waals surface area contributed by atoms with Gasteiger partial charge in [-0.25, -0.2) is 0 Å². The van der Waals surface area contributed by atoms with Gasteiger partial charge in [-0.1, -0.05) is 29.8 Å². The molecule has 0 saturated carbocycles. The highest BCUT2D eigenvalue weighted by atomic mass is 35.5. The number of rotatable bonds is 4. The van der Waals surface area contributed by atoms with E-state index in [1.165, 1.54) is 11.8 Å². The molecular weight excluding hydrogens is 324 g/mol. The number of amides is 2. The van der Waals surface area contributed by atoms with Crippen LogP contribution in [0.25, 0.3) is 0 Å². The fourth-order valence-corrected chi connectivity index (χ4v) is 2.63. The maximum atomic E-state index is 12.4. The molecule has 0 aliphatic rings. The number of carbonyl (C=O) groups excluding carboxylic acids is 2. The first-order valence-electron chi connectivity index (χ1n) is 7.70. The van der Waals surface area contributed by atoms with Crippen molar-refractivity contribution >= 4 is 34.8 Å². The molecule has 0 bridgehead atoms. The molecule has 126 valence electrons. The lowest BCUT2D eigenvalue weighted by Crippen LogP contribution is -2.37. The van der Waals surface area contributed by atoms with E-state index in [0.717, 1.165) is 22.4 Å². The Kier molecular flexibility index (Phi) is 5.62. The molecule has 0 aromatic heterocycles. The summed E-state index contributed by atoms with van der Waals surface area (Å²) in [5.74, 6) is -0.446. The Labute approximate surface area is 147 Å². The molecule has 2 aromatic rings. The van der Waals surface area contributed by atoms with Crippen LogP contribution < -0.4 is 10.2 Å². The van der Waals surface area contributed by atoms with Gasteiger partial charge in [0, 0.05) is 23.3 Å². The zero-order valence-corrected chi connectivity index (χ0v) is 15.1. The van der Waals surface area contributed by atoms with E-state index in [9.17, 15) is 9.59 Å². The summed E-state index contributed by atoms with van der Waals surface area (Å²) in [6, 6.07) is 11.2. The fraction of sp³-hybridized carbons (Fsp3) is 0.263. The molecule has 0 aliphatic carbocycles. The second-order valence-electron chi connectivity index (χ2n) is 5.86. The predicted octanol–water partition coefficient (Wildman–Crippen LogP) is 4.26. The molecular formula is C19H21ClN2O2. The maximum Gasteiger partial charge on any atom is 0.244 e. The van der Waals surface area contributed by atoms with Crippen molar-refractivity contribution in [2.24, 2.45) is 0 Å². The monoisotopic (exact) mass is 344 g/mol. The van der Waals surface area contributed by atoms with Gasteiger partial charge in [-0.3, -0.25) is 9.59 Å². The van der Waals surface area contributed by atoms with Gasteiger partial charge >= 0.3 is 0 Å². The summed E-state index contributed by atoms with van der Waals surface area (Å²) in [4.78, 5) is 25.9. The van der Waals surface area contributed by atoms with Gasteiger partial charge in [-0.05, 0) is 55.7 Å². The Morgan fingerprint density at radius 3 is 2.50 bits per heavy atom. The van der Waals surface area contributed by atoms with Gasteiger partial charge in [0.15, 0.2) is 0 Å². The summed E-state index contributed by atoms with van der Waals surface area (Å²) in [6.45, 7) is 7.12. The summed E-state index contributed by atoms with van der Waals surface area (Å²) >= 11 is 6.07. The summed E-state index contributed by atoms with van der Waals surface area (Å²) in [5.41, 5.74) is 4.18. The van der Waals surface area contributed by atoms with Gasteiger partial charge in [0.05, 0.1) is 0 Å². The van der Waals surface area contributed by atoms with Crippen LogP contribution in [0.3, 0.4) is 0 Å². The van der Waals surface area contributed by atoms with Crippen LogP contribution in [-0.2, 0) is 9.59 Å². The van der Waals surface area contributed by atoms with Crippen LogP contribution in [0.1, 0.15) is 23.6 Å². The Hall–Kier alpha value is -2.33. The van der Waals surface area contributed by atoms with Crippen molar-refractivity contribution in [3.8, 4) is 0 Å². The quantitative estimate of drug-likeness (QED) is 0.901. The van der Waals surface area contributed by atoms with Crippen molar-refractivity contribution in [2.45, 2.75) is 27.7 Å². The van der Waals surface area contributed by atoms with E-state index in [-0.39, 0.29) is 18.4 Å².